The average molecular weight is 639 g/mol. The summed E-state index contributed by atoms with van der Waals surface area (Å²) in [5, 5.41) is 8.52. The first kappa shape index (κ1) is 22.8. The predicted octanol–water partition coefficient (Wildman–Crippen LogP) is 5.43. The van der Waals surface area contributed by atoms with Crippen LogP contribution in [0.4, 0.5) is 17.1 Å². The number of ether oxygens (including phenoxy) is 1. The molecule has 0 fully saturated rings. The normalized spacial score (nSPS) is 12.3. The molecular weight excluding hydrogens is 619 g/mol. The molecule has 1 aliphatic rings. The quantitative estimate of drug-likeness (QED) is 0.240. The number of nitrogens with zero attached hydrogens (tertiary/aromatic N) is 6. The summed E-state index contributed by atoms with van der Waals surface area (Å²) in [5.41, 5.74) is 5.46. The minimum absolute atomic E-state index is 0. The molecule has 6 rings (SSSR count). The number of pyridine rings is 1. The summed E-state index contributed by atoms with van der Waals surface area (Å²) in [4.78, 5) is 8.48. The Balaban J connectivity index is 0.00000253. The fraction of sp³-hybridized carbons (Fsp3) is 0.0370. The zero-order valence-corrected chi connectivity index (χ0v) is 20.9. The van der Waals surface area contributed by atoms with Gasteiger partial charge in [-0.2, -0.15) is 29.6 Å². The van der Waals surface area contributed by atoms with E-state index in [2.05, 4.69) is 49.4 Å². The second-order valence-corrected chi connectivity index (χ2v) is 7.76. The van der Waals surface area contributed by atoms with Crippen LogP contribution >= 0.6 is 0 Å². The molecule has 3 aromatic carbocycles. The zero-order chi connectivity index (χ0) is 22.9. The first-order chi connectivity index (χ1) is 16.7. The molecule has 1 aliphatic heterocycles. The van der Waals surface area contributed by atoms with Crippen LogP contribution in [0.2, 0.25) is 0 Å². The third-order valence-electron chi connectivity index (χ3n) is 5.49. The summed E-state index contributed by atoms with van der Waals surface area (Å²) in [7, 11) is 2.02. The number of aromatic nitrogens is 4. The van der Waals surface area contributed by atoms with Crippen molar-refractivity contribution in [2.24, 2.45) is 0 Å². The maximum absolute atomic E-state index is 6.02. The minimum atomic E-state index is 0. The summed E-state index contributed by atoms with van der Waals surface area (Å²) in [6.45, 7) is 2.02. The number of hydrogen-bond acceptors (Lipinski definition) is 6. The van der Waals surface area contributed by atoms with E-state index in [-0.39, 0.29) is 21.1 Å². The monoisotopic (exact) mass is 638 g/mol. The molecule has 0 amide bonds. The topological polar surface area (TPSA) is 59.3 Å². The molecule has 176 valence electrons. The first-order valence-corrected chi connectivity index (χ1v) is 10.8. The largest absolute Gasteiger partial charge is 0.504 e. The summed E-state index contributed by atoms with van der Waals surface area (Å²) in [6.07, 6.45) is 3.58. The van der Waals surface area contributed by atoms with Gasteiger partial charge in [0.2, 0.25) is 0 Å². The van der Waals surface area contributed by atoms with Crippen LogP contribution in [0, 0.1) is 18.8 Å². The van der Waals surface area contributed by atoms with Gasteiger partial charge < -0.3 is 14.5 Å². The molecule has 0 spiro atoms. The van der Waals surface area contributed by atoms with Crippen LogP contribution in [0.5, 0.6) is 11.6 Å². The Morgan fingerprint density at radius 1 is 0.857 bits per heavy atom. The van der Waals surface area contributed by atoms with E-state index in [1.54, 1.807) is 10.9 Å². The SMILES string of the molecule is CN1[CH-]N(c2[c-]c(Oc3[c-]c(-c4cn(-c5ccccc5)nn4)ccc3)ncc2)c2ccccc21.[Pt]. The standard InChI is InChI=1S/C27H19N6O.Pt/c1-31-19-32(26-13-6-5-12-25(26)31)22-14-15-28-27(17-22)34-23-11-7-8-20(16-23)24-18-33(30-29-24)21-9-3-2-4-10-21;/h2-15,18-19H,1H3;/q-3;. The van der Waals surface area contributed by atoms with Gasteiger partial charge in [0, 0.05) is 50.1 Å². The van der Waals surface area contributed by atoms with Crippen molar-refractivity contribution in [2.45, 2.75) is 0 Å². The van der Waals surface area contributed by atoms with E-state index in [9.17, 15) is 0 Å². The Kier molecular flexibility index (Phi) is 6.34. The second-order valence-electron chi connectivity index (χ2n) is 7.76. The van der Waals surface area contributed by atoms with Gasteiger partial charge in [-0.15, -0.1) is 23.8 Å². The maximum atomic E-state index is 6.02. The van der Waals surface area contributed by atoms with Gasteiger partial charge in [-0.3, -0.25) is 4.98 Å². The zero-order valence-electron chi connectivity index (χ0n) is 18.6. The molecule has 0 N–H and O–H groups in total. The molecule has 8 heteroatoms. The molecule has 5 aromatic rings. The van der Waals surface area contributed by atoms with Crippen LogP contribution in [-0.4, -0.2) is 27.0 Å². The Labute approximate surface area is 217 Å². The Hall–Kier alpha value is -3.96. The van der Waals surface area contributed by atoms with Crippen molar-refractivity contribution < 1.29 is 25.8 Å². The van der Waals surface area contributed by atoms with E-state index in [1.807, 2.05) is 86.6 Å². The molecule has 2 aromatic heterocycles. The van der Waals surface area contributed by atoms with E-state index >= 15 is 0 Å². The van der Waals surface area contributed by atoms with Crippen LogP contribution in [0.15, 0.2) is 91.3 Å². The van der Waals surface area contributed by atoms with Gasteiger partial charge in [0.1, 0.15) is 5.88 Å². The van der Waals surface area contributed by atoms with E-state index in [0.717, 1.165) is 28.3 Å². The van der Waals surface area contributed by atoms with E-state index in [0.29, 0.717) is 17.3 Å². The summed E-state index contributed by atoms with van der Waals surface area (Å²) >= 11 is 0. The van der Waals surface area contributed by atoms with Crippen molar-refractivity contribution in [2.75, 3.05) is 16.8 Å². The van der Waals surface area contributed by atoms with Gasteiger partial charge in [0.25, 0.3) is 0 Å². The number of benzene rings is 3. The van der Waals surface area contributed by atoms with Crippen molar-refractivity contribution in [3.63, 3.8) is 0 Å². The molecule has 0 saturated carbocycles. The maximum Gasteiger partial charge on any atom is 0.124 e. The summed E-state index contributed by atoms with van der Waals surface area (Å²) in [6, 6.07) is 32.1. The molecule has 35 heavy (non-hydrogen) atoms. The number of hydrogen-bond donors (Lipinski definition) is 0. The fourth-order valence-corrected chi connectivity index (χ4v) is 3.86. The molecule has 0 saturated heterocycles. The van der Waals surface area contributed by atoms with Crippen LogP contribution in [0.3, 0.4) is 0 Å². The number of anilines is 3. The van der Waals surface area contributed by atoms with Gasteiger partial charge in [-0.25, -0.2) is 4.68 Å². The van der Waals surface area contributed by atoms with Crippen molar-refractivity contribution in [3.05, 3.63) is 110 Å². The predicted molar refractivity (Wildman–Crippen MR) is 130 cm³/mol. The Morgan fingerprint density at radius 2 is 1.66 bits per heavy atom. The van der Waals surface area contributed by atoms with Crippen molar-refractivity contribution >= 4 is 17.1 Å². The van der Waals surface area contributed by atoms with Gasteiger partial charge in [0.15, 0.2) is 0 Å². The van der Waals surface area contributed by atoms with Gasteiger partial charge in [0.05, 0.1) is 5.69 Å². The molecule has 7 nitrogen and oxygen atoms in total. The second kappa shape index (κ2) is 9.72. The molecule has 0 aliphatic carbocycles. The first-order valence-electron chi connectivity index (χ1n) is 10.8. The molecule has 0 unspecified atom stereocenters. The number of fused-ring (bicyclic) bond motifs is 1. The van der Waals surface area contributed by atoms with Crippen LogP contribution < -0.4 is 14.5 Å². The third-order valence-corrected chi connectivity index (χ3v) is 5.49. The number of rotatable bonds is 5. The molecule has 0 atom stereocenters. The molecule has 0 radical (unpaired) electrons. The smallest absolute Gasteiger partial charge is 0.124 e. The van der Waals surface area contributed by atoms with Gasteiger partial charge >= 0.3 is 0 Å². The Morgan fingerprint density at radius 3 is 2.51 bits per heavy atom. The van der Waals surface area contributed by atoms with Crippen LogP contribution in [-0.2, 0) is 21.1 Å². The van der Waals surface area contributed by atoms with Gasteiger partial charge in [-0.05, 0) is 37.5 Å². The van der Waals surface area contributed by atoms with Crippen molar-refractivity contribution in [1.82, 2.24) is 20.0 Å². The fourth-order valence-electron chi connectivity index (χ4n) is 3.86. The third kappa shape index (κ3) is 4.55. The van der Waals surface area contributed by atoms with Crippen molar-refractivity contribution in [1.29, 1.82) is 0 Å². The van der Waals surface area contributed by atoms with E-state index in [1.165, 1.54) is 0 Å². The average Bonchev–Trinajstić information content (AvgIpc) is 3.51. The van der Waals surface area contributed by atoms with Gasteiger partial charge in [-0.1, -0.05) is 41.6 Å². The Bertz CT molecular complexity index is 1460. The molecular formula is C27H19N6OPt-3. The van der Waals surface area contributed by atoms with E-state index < -0.39 is 0 Å². The summed E-state index contributed by atoms with van der Waals surface area (Å²) < 4.78 is 7.75. The minimum Gasteiger partial charge on any atom is -0.504 e. The van der Waals surface area contributed by atoms with Crippen molar-refractivity contribution in [3.8, 4) is 28.6 Å². The van der Waals surface area contributed by atoms with Crippen LogP contribution in [0.1, 0.15) is 0 Å². The molecule has 3 heterocycles. The van der Waals surface area contributed by atoms with Crippen LogP contribution in [0.25, 0.3) is 16.9 Å². The molecule has 0 bridgehead atoms. The van der Waals surface area contributed by atoms with E-state index in [4.69, 9.17) is 4.74 Å². The number of para-hydroxylation sites is 3. The summed E-state index contributed by atoms with van der Waals surface area (Å²) in [5.74, 6) is 0.884.